The number of halogens is 1. The quantitative estimate of drug-likeness (QED) is 0.940. The Morgan fingerprint density at radius 2 is 2.00 bits per heavy atom. The van der Waals surface area contributed by atoms with E-state index in [1.165, 1.54) is 36.0 Å². The van der Waals surface area contributed by atoms with Gasteiger partial charge in [-0.25, -0.2) is 0 Å². The van der Waals surface area contributed by atoms with Crippen molar-refractivity contribution in [1.82, 2.24) is 4.98 Å². The lowest BCUT2D eigenvalue weighted by Gasteiger charge is -2.13. The minimum atomic E-state index is 0.0274. The summed E-state index contributed by atoms with van der Waals surface area (Å²) in [5.41, 5.74) is 11.6. The largest absolute Gasteiger partial charge is 0.324 e. The number of hydrogen-bond donors (Lipinski definition) is 1. The van der Waals surface area contributed by atoms with Crippen LogP contribution in [0.15, 0.2) is 41.0 Å². The summed E-state index contributed by atoms with van der Waals surface area (Å²) in [6.45, 7) is 0. The van der Waals surface area contributed by atoms with Crippen LogP contribution < -0.4 is 5.73 Å². The van der Waals surface area contributed by atoms with Gasteiger partial charge in [-0.3, -0.25) is 4.98 Å². The molecule has 98 valence electrons. The molecule has 2 aromatic rings. The SMILES string of the molecule is NC(Cc1ccc(Br)cn1)c1ccc2c(c1)CCC2. The average molecular weight is 317 g/mol. The Hall–Kier alpha value is -1.19. The lowest BCUT2D eigenvalue weighted by Crippen LogP contribution is -2.14. The van der Waals surface area contributed by atoms with Crippen LogP contribution in [0.1, 0.15) is 34.8 Å². The molecular formula is C16H17BrN2. The molecule has 1 unspecified atom stereocenters. The number of nitrogens with zero attached hydrogens (tertiary/aromatic N) is 1. The molecule has 2 nitrogen and oxygen atoms in total. The summed E-state index contributed by atoms with van der Waals surface area (Å²) in [7, 11) is 0. The van der Waals surface area contributed by atoms with E-state index in [4.69, 9.17) is 5.73 Å². The third kappa shape index (κ3) is 2.88. The van der Waals surface area contributed by atoms with Crippen LogP contribution in [0.5, 0.6) is 0 Å². The highest BCUT2D eigenvalue weighted by molar-refractivity contribution is 9.10. The molecule has 1 atom stereocenters. The zero-order chi connectivity index (χ0) is 13.2. The molecule has 0 saturated heterocycles. The first kappa shape index (κ1) is 12.8. The minimum absolute atomic E-state index is 0.0274. The van der Waals surface area contributed by atoms with E-state index in [1.54, 1.807) is 0 Å². The Kier molecular flexibility index (Phi) is 3.67. The van der Waals surface area contributed by atoms with E-state index in [-0.39, 0.29) is 6.04 Å². The van der Waals surface area contributed by atoms with E-state index in [1.807, 2.05) is 18.3 Å². The molecule has 0 fully saturated rings. The second kappa shape index (κ2) is 5.43. The van der Waals surface area contributed by atoms with Crippen molar-refractivity contribution in [3.63, 3.8) is 0 Å². The fourth-order valence-electron chi connectivity index (χ4n) is 2.69. The number of benzene rings is 1. The van der Waals surface area contributed by atoms with Crippen molar-refractivity contribution in [2.45, 2.75) is 31.7 Å². The molecule has 3 heteroatoms. The molecule has 2 N–H and O–H groups in total. The first-order valence-corrected chi connectivity index (χ1v) is 7.49. The van der Waals surface area contributed by atoms with Gasteiger partial charge in [0.2, 0.25) is 0 Å². The van der Waals surface area contributed by atoms with Gasteiger partial charge in [0.05, 0.1) is 0 Å². The first-order chi connectivity index (χ1) is 9.22. The predicted molar refractivity (Wildman–Crippen MR) is 81.0 cm³/mol. The standard InChI is InChI=1S/C16H17BrN2/c17-14-6-7-15(19-10-14)9-16(18)13-5-4-11-2-1-3-12(11)8-13/h4-8,10,16H,1-3,9,18H2. The fourth-order valence-corrected chi connectivity index (χ4v) is 2.93. The summed E-state index contributed by atoms with van der Waals surface area (Å²) in [5, 5.41) is 0. The average Bonchev–Trinajstić information content (AvgIpc) is 2.88. The van der Waals surface area contributed by atoms with Gasteiger partial charge < -0.3 is 5.73 Å². The van der Waals surface area contributed by atoms with Gasteiger partial charge in [0.1, 0.15) is 0 Å². The molecule has 1 aliphatic carbocycles. The zero-order valence-electron chi connectivity index (χ0n) is 10.8. The maximum absolute atomic E-state index is 6.31. The van der Waals surface area contributed by atoms with Gasteiger partial charge in [0.25, 0.3) is 0 Å². The summed E-state index contributed by atoms with van der Waals surface area (Å²) < 4.78 is 1.00. The summed E-state index contributed by atoms with van der Waals surface area (Å²) in [4.78, 5) is 4.39. The van der Waals surface area contributed by atoms with Gasteiger partial charge in [-0.05, 0) is 64.0 Å². The Bertz CT molecular complexity index is 578. The Labute approximate surface area is 122 Å². The fraction of sp³-hybridized carbons (Fsp3) is 0.312. The molecule has 0 spiro atoms. The highest BCUT2D eigenvalue weighted by Gasteiger charge is 2.14. The normalized spacial score (nSPS) is 15.3. The van der Waals surface area contributed by atoms with Gasteiger partial charge in [0, 0.05) is 28.8 Å². The Morgan fingerprint density at radius 1 is 1.16 bits per heavy atom. The number of pyridine rings is 1. The van der Waals surface area contributed by atoms with E-state index in [0.29, 0.717) is 0 Å². The number of rotatable bonds is 3. The van der Waals surface area contributed by atoms with Crippen LogP contribution in [0.4, 0.5) is 0 Å². The molecule has 1 heterocycles. The van der Waals surface area contributed by atoms with Crippen LogP contribution in [-0.2, 0) is 19.3 Å². The van der Waals surface area contributed by atoms with Crippen molar-refractivity contribution in [2.75, 3.05) is 0 Å². The topological polar surface area (TPSA) is 38.9 Å². The van der Waals surface area contributed by atoms with Crippen LogP contribution in [0, 0.1) is 0 Å². The van der Waals surface area contributed by atoms with Gasteiger partial charge in [-0.15, -0.1) is 0 Å². The maximum atomic E-state index is 6.31. The van der Waals surface area contributed by atoms with Crippen LogP contribution in [0.2, 0.25) is 0 Å². The van der Waals surface area contributed by atoms with Crippen molar-refractivity contribution in [2.24, 2.45) is 5.73 Å². The number of fused-ring (bicyclic) bond motifs is 1. The van der Waals surface area contributed by atoms with Crippen LogP contribution in [-0.4, -0.2) is 4.98 Å². The number of hydrogen-bond acceptors (Lipinski definition) is 2. The van der Waals surface area contributed by atoms with Gasteiger partial charge in [-0.1, -0.05) is 18.2 Å². The van der Waals surface area contributed by atoms with Crippen molar-refractivity contribution >= 4 is 15.9 Å². The van der Waals surface area contributed by atoms with Crippen LogP contribution in [0.3, 0.4) is 0 Å². The first-order valence-electron chi connectivity index (χ1n) is 6.70. The van der Waals surface area contributed by atoms with E-state index in [2.05, 4.69) is 39.1 Å². The molecule has 1 aliphatic rings. The van der Waals surface area contributed by atoms with Crippen molar-refractivity contribution in [3.05, 3.63) is 63.4 Å². The van der Waals surface area contributed by atoms with E-state index < -0.39 is 0 Å². The number of nitrogens with two attached hydrogens (primary N) is 1. The minimum Gasteiger partial charge on any atom is -0.324 e. The Balaban J connectivity index is 1.76. The highest BCUT2D eigenvalue weighted by atomic mass is 79.9. The third-order valence-electron chi connectivity index (χ3n) is 3.77. The van der Waals surface area contributed by atoms with Crippen molar-refractivity contribution in [3.8, 4) is 0 Å². The molecular weight excluding hydrogens is 300 g/mol. The van der Waals surface area contributed by atoms with Crippen LogP contribution in [0.25, 0.3) is 0 Å². The van der Waals surface area contributed by atoms with Crippen molar-refractivity contribution < 1.29 is 0 Å². The van der Waals surface area contributed by atoms with Gasteiger partial charge in [-0.2, -0.15) is 0 Å². The molecule has 3 rings (SSSR count). The molecule has 0 saturated carbocycles. The maximum Gasteiger partial charge on any atom is 0.0423 e. The van der Waals surface area contributed by atoms with Crippen LogP contribution >= 0.6 is 15.9 Å². The number of aromatic nitrogens is 1. The second-order valence-electron chi connectivity index (χ2n) is 5.16. The summed E-state index contributed by atoms with van der Waals surface area (Å²) in [6, 6.07) is 10.8. The lowest BCUT2D eigenvalue weighted by molar-refractivity contribution is 0.705. The van der Waals surface area contributed by atoms with E-state index in [0.717, 1.165) is 16.6 Å². The third-order valence-corrected chi connectivity index (χ3v) is 4.24. The summed E-state index contributed by atoms with van der Waals surface area (Å²) in [5.74, 6) is 0. The van der Waals surface area contributed by atoms with E-state index >= 15 is 0 Å². The molecule has 19 heavy (non-hydrogen) atoms. The lowest BCUT2D eigenvalue weighted by atomic mass is 9.98. The summed E-state index contributed by atoms with van der Waals surface area (Å²) >= 11 is 3.40. The molecule has 1 aromatic heterocycles. The predicted octanol–water partition coefficient (Wildman–Crippen LogP) is 3.58. The highest BCUT2D eigenvalue weighted by Crippen LogP contribution is 2.25. The van der Waals surface area contributed by atoms with Gasteiger partial charge in [0.15, 0.2) is 0 Å². The summed E-state index contributed by atoms with van der Waals surface area (Å²) in [6.07, 6.45) is 6.31. The molecule has 0 aliphatic heterocycles. The monoisotopic (exact) mass is 316 g/mol. The molecule has 0 bridgehead atoms. The molecule has 0 radical (unpaired) electrons. The molecule has 1 aromatic carbocycles. The van der Waals surface area contributed by atoms with Crippen molar-refractivity contribution in [1.29, 1.82) is 0 Å². The smallest absolute Gasteiger partial charge is 0.0423 e. The molecule has 0 amide bonds. The van der Waals surface area contributed by atoms with E-state index in [9.17, 15) is 0 Å². The van der Waals surface area contributed by atoms with Gasteiger partial charge >= 0.3 is 0 Å². The Morgan fingerprint density at radius 3 is 2.79 bits per heavy atom. The second-order valence-corrected chi connectivity index (χ2v) is 6.08. The number of aryl methyl sites for hydroxylation is 2. The zero-order valence-corrected chi connectivity index (χ0v) is 12.4.